The minimum Gasteiger partial charge on any atom is -0.369 e. The molecule has 1 amide bonds. The topological polar surface area (TPSA) is 58.1 Å². The van der Waals surface area contributed by atoms with Gasteiger partial charge in [0.15, 0.2) is 5.69 Å². The largest absolute Gasteiger partial charge is 0.369 e. The molecule has 0 saturated carbocycles. The zero-order chi connectivity index (χ0) is 14.1. The van der Waals surface area contributed by atoms with Crippen molar-refractivity contribution in [2.45, 2.75) is 39.5 Å². The average molecular weight is 264 g/mol. The van der Waals surface area contributed by atoms with Gasteiger partial charge < -0.3 is 10.2 Å². The summed E-state index contributed by atoms with van der Waals surface area (Å²) < 4.78 is 0. The van der Waals surface area contributed by atoms with E-state index in [9.17, 15) is 4.79 Å². The highest BCUT2D eigenvalue weighted by Crippen LogP contribution is 2.05. The number of rotatable bonds is 8. The molecule has 0 aromatic carbocycles. The highest BCUT2D eigenvalue weighted by atomic mass is 16.2. The summed E-state index contributed by atoms with van der Waals surface area (Å²) in [6, 6.07) is 3.53. The predicted octanol–water partition coefficient (Wildman–Crippen LogP) is 2.56. The molecular weight excluding hydrogens is 240 g/mol. The van der Waals surface area contributed by atoms with Gasteiger partial charge in [-0.05, 0) is 25.0 Å². The fourth-order valence-corrected chi connectivity index (χ4v) is 1.69. The maximum atomic E-state index is 12.1. The van der Waals surface area contributed by atoms with Crippen LogP contribution in [-0.2, 0) is 0 Å². The third-order valence-electron chi connectivity index (χ3n) is 2.88. The predicted molar refractivity (Wildman–Crippen MR) is 77.3 cm³/mol. The minimum absolute atomic E-state index is 0.0642. The molecule has 1 rings (SSSR count). The molecule has 1 aromatic rings. The Bertz CT molecular complexity index is 378. The van der Waals surface area contributed by atoms with Crippen LogP contribution in [0, 0.1) is 0 Å². The van der Waals surface area contributed by atoms with Crippen LogP contribution < -0.4 is 5.32 Å². The fourth-order valence-electron chi connectivity index (χ4n) is 1.69. The van der Waals surface area contributed by atoms with Crippen molar-refractivity contribution in [2.75, 3.05) is 25.5 Å². The van der Waals surface area contributed by atoms with Gasteiger partial charge in [-0.15, -0.1) is 10.2 Å². The van der Waals surface area contributed by atoms with Gasteiger partial charge in [0.25, 0.3) is 5.91 Å². The van der Waals surface area contributed by atoms with Gasteiger partial charge in [-0.1, -0.05) is 26.7 Å². The monoisotopic (exact) mass is 264 g/mol. The number of amides is 1. The summed E-state index contributed by atoms with van der Waals surface area (Å²) in [5.74, 6) is 0.651. The summed E-state index contributed by atoms with van der Waals surface area (Å²) in [5, 5.41) is 11.1. The van der Waals surface area contributed by atoms with Gasteiger partial charge in [-0.2, -0.15) is 0 Å². The Labute approximate surface area is 115 Å². The Kier molecular flexibility index (Phi) is 6.85. The first-order valence-electron chi connectivity index (χ1n) is 7.02. The van der Waals surface area contributed by atoms with E-state index in [1.165, 1.54) is 0 Å². The number of hydrogen-bond donors (Lipinski definition) is 1. The van der Waals surface area contributed by atoms with E-state index >= 15 is 0 Å². The van der Waals surface area contributed by atoms with E-state index in [-0.39, 0.29) is 5.91 Å². The molecule has 0 aliphatic carbocycles. The molecule has 0 bridgehead atoms. The molecule has 1 heterocycles. The molecule has 5 heteroatoms. The molecule has 1 N–H and O–H groups in total. The van der Waals surface area contributed by atoms with Crippen LogP contribution in [0.15, 0.2) is 12.1 Å². The van der Waals surface area contributed by atoms with Gasteiger partial charge in [0.2, 0.25) is 0 Å². The number of unbranched alkanes of at least 4 members (excludes halogenated alkanes) is 2. The van der Waals surface area contributed by atoms with Crippen LogP contribution in [0.4, 0.5) is 5.82 Å². The highest BCUT2D eigenvalue weighted by Gasteiger charge is 2.13. The van der Waals surface area contributed by atoms with Gasteiger partial charge >= 0.3 is 0 Å². The summed E-state index contributed by atoms with van der Waals surface area (Å²) in [4.78, 5) is 13.8. The van der Waals surface area contributed by atoms with Gasteiger partial charge in [-0.25, -0.2) is 0 Å². The zero-order valence-corrected chi connectivity index (χ0v) is 12.1. The summed E-state index contributed by atoms with van der Waals surface area (Å²) in [6.07, 6.45) is 4.35. The average Bonchev–Trinajstić information content (AvgIpc) is 2.45. The standard InChI is InChI=1S/C14H24N4O/c1-4-6-7-11-18(3)14(19)12-8-9-13(17-16-12)15-10-5-2/h8-9H,4-7,10-11H2,1-3H3,(H,15,17). The lowest BCUT2D eigenvalue weighted by Gasteiger charge is -2.16. The molecule has 0 unspecified atom stereocenters. The maximum absolute atomic E-state index is 12.1. The molecule has 5 nitrogen and oxygen atoms in total. The lowest BCUT2D eigenvalue weighted by atomic mass is 10.2. The second-order valence-electron chi connectivity index (χ2n) is 4.66. The molecule has 0 spiro atoms. The Morgan fingerprint density at radius 1 is 1.21 bits per heavy atom. The van der Waals surface area contributed by atoms with Crippen molar-refractivity contribution in [1.82, 2.24) is 15.1 Å². The van der Waals surface area contributed by atoms with Gasteiger partial charge in [-0.3, -0.25) is 4.79 Å². The molecule has 0 atom stereocenters. The van der Waals surface area contributed by atoms with E-state index in [2.05, 4.69) is 29.4 Å². The van der Waals surface area contributed by atoms with Gasteiger partial charge in [0.05, 0.1) is 0 Å². The van der Waals surface area contributed by atoms with Crippen LogP contribution in [0.1, 0.15) is 50.0 Å². The number of carbonyl (C=O) groups is 1. The summed E-state index contributed by atoms with van der Waals surface area (Å²) in [5.41, 5.74) is 0.404. The Hall–Kier alpha value is -1.65. The van der Waals surface area contributed by atoms with Crippen molar-refractivity contribution >= 4 is 11.7 Å². The maximum Gasteiger partial charge on any atom is 0.274 e. The van der Waals surface area contributed by atoms with Crippen LogP contribution >= 0.6 is 0 Å². The van der Waals surface area contributed by atoms with Crippen LogP contribution in [0.5, 0.6) is 0 Å². The van der Waals surface area contributed by atoms with Crippen LogP contribution in [0.2, 0.25) is 0 Å². The van der Waals surface area contributed by atoms with Crippen molar-refractivity contribution in [1.29, 1.82) is 0 Å². The van der Waals surface area contributed by atoms with Crippen molar-refractivity contribution in [3.63, 3.8) is 0 Å². The smallest absolute Gasteiger partial charge is 0.274 e. The fraction of sp³-hybridized carbons (Fsp3) is 0.643. The first-order chi connectivity index (χ1) is 9.19. The first-order valence-corrected chi connectivity index (χ1v) is 7.02. The van der Waals surface area contributed by atoms with E-state index in [1.807, 2.05) is 7.05 Å². The third kappa shape index (κ3) is 5.24. The molecule has 0 radical (unpaired) electrons. The summed E-state index contributed by atoms with van der Waals surface area (Å²) in [6.45, 7) is 5.86. The van der Waals surface area contributed by atoms with Crippen LogP contribution in [-0.4, -0.2) is 41.1 Å². The van der Waals surface area contributed by atoms with Gasteiger partial charge in [0, 0.05) is 20.1 Å². The number of nitrogens with zero attached hydrogens (tertiary/aromatic N) is 3. The zero-order valence-electron chi connectivity index (χ0n) is 12.1. The number of nitrogens with one attached hydrogen (secondary N) is 1. The normalized spacial score (nSPS) is 10.3. The molecule has 1 aromatic heterocycles. The second-order valence-corrected chi connectivity index (χ2v) is 4.66. The quantitative estimate of drug-likeness (QED) is 0.733. The molecule has 0 fully saturated rings. The number of carbonyl (C=O) groups excluding carboxylic acids is 1. The van der Waals surface area contributed by atoms with E-state index in [4.69, 9.17) is 0 Å². The van der Waals surface area contributed by atoms with E-state index in [0.29, 0.717) is 11.5 Å². The second kappa shape index (κ2) is 8.45. The highest BCUT2D eigenvalue weighted by molar-refractivity contribution is 5.92. The molecule has 19 heavy (non-hydrogen) atoms. The number of anilines is 1. The number of aromatic nitrogens is 2. The minimum atomic E-state index is -0.0642. The molecule has 0 aliphatic rings. The van der Waals surface area contributed by atoms with Crippen molar-refractivity contribution in [3.05, 3.63) is 17.8 Å². The molecular formula is C14H24N4O. The lowest BCUT2D eigenvalue weighted by Crippen LogP contribution is -2.28. The van der Waals surface area contributed by atoms with Crippen molar-refractivity contribution < 1.29 is 4.79 Å². The lowest BCUT2D eigenvalue weighted by molar-refractivity contribution is 0.0786. The molecule has 0 saturated heterocycles. The third-order valence-corrected chi connectivity index (χ3v) is 2.88. The van der Waals surface area contributed by atoms with Crippen molar-refractivity contribution in [2.24, 2.45) is 0 Å². The van der Waals surface area contributed by atoms with E-state index in [1.54, 1.807) is 17.0 Å². The Balaban J connectivity index is 2.52. The van der Waals surface area contributed by atoms with Crippen LogP contribution in [0.25, 0.3) is 0 Å². The number of hydrogen-bond acceptors (Lipinski definition) is 4. The Morgan fingerprint density at radius 2 is 2.00 bits per heavy atom. The molecule has 106 valence electrons. The van der Waals surface area contributed by atoms with E-state index in [0.717, 1.165) is 38.8 Å². The Morgan fingerprint density at radius 3 is 2.58 bits per heavy atom. The van der Waals surface area contributed by atoms with Crippen LogP contribution in [0.3, 0.4) is 0 Å². The van der Waals surface area contributed by atoms with Gasteiger partial charge in [0.1, 0.15) is 5.82 Å². The van der Waals surface area contributed by atoms with E-state index < -0.39 is 0 Å². The summed E-state index contributed by atoms with van der Waals surface area (Å²) >= 11 is 0. The summed E-state index contributed by atoms with van der Waals surface area (Å²) in [7, 11) is 1.81. The first kappa shape index (κ1) is 15.4. The SMILES string of the molecule is CCCCCN(C)C(=O)c1ccc(NCCC)nn1. The molecule has 0 aliphatic heterocycles. The van der Waals surface area contributed by atoms with Crippen molar-refractivity contribution in [3.8, 4) is 0 Å².